The summed E-state index contributed by atoms with van der Waals surface area (Å²) in [6.07, 6.45) is 3.03. The van der Waals surface area contributed by atoms with E-state index in [0.29, 0.717) is 10.2 Å². The number of aromatic nitrogens is 2. The standard InChI is InChI=1S/C13H13ClN2OS/c1-8-6-15-13(16-7-8)18-12-4-3-10(9(2)17)5-11(12)14/h3-7,9,17H,1-2H3/t9-/m0/s1. The molecular formula is C13H13ClN2OS. The zero-order chi connectivity index (χ0) is 13.1. The molecule has 0 fully saturated rings. The molecular weight excluding hydrogens is 268 g/mol. The maximum absolute atomic E-state index is 9.47. The van der Waals surface area contributed by atoms with Gasteiger partial charge in [0.15, 0.2) is 5.16 Å². The number of rotatable bonds is 3. The number of aliphatic hydroxyl groups is 1. The molecule has 2 aromatic rings. The Hall–Kier alpha value is -1.10. The SMILES string of the molecule is Cc1cnc(Sc2ccc([C@H](C)O)cc2Cl)nc1. The molecule has 94 valence electrons. The summed E-state index contributed by atoms with van der Waals surface area (Å²) < 4.78 is 0. The Bertz CT molecular complexity index is 543. The molecule has 0 aliphatic rings. The number of hydrogen-bond donors (Lipinski definition) is 1. The quantitative estimate of drug-likeness (QED) is 0.872. The van der Waals surface area contributed by atoms with Crippen molar-refractivity contribution in [3.63, 3.8) is 0 Å². The predicted molar refractivity (Wildman–Crippen MR) is 73.0 cm³/mol. The van der Waals surface area contributed by atoms with Crippen molar-refractivity contribution in [3.05, 3.63) is 46.7 Å². The van der Waals surface area contributed by atoms with Gasteiger partial charge in [-0.05, 0) is 48.9 Å². The van der Waals surface area contributed by atoms with E-state index in [9.17, 15) is 5.11 Å². The van der Waals surface area contributed by atoms with Crippen molar-refractivity contribution in [2.24, 2.45) is 0 Å². The first kappa shape index (κ1) is 13.3. The van der Waals surface area contributed by atoms with E-state index in [1.807, 2.05) is 19.1 Å². The third kappa shape index (κ3) is 3.22. The van der Waals surface area contributed by atoms with Gasteiger partial charge in [0.05, 0.1) is 11.1 Å². The molecule has 0 bridgehead atoms. The van der Waals surface area contributed by atoms with Crippen LogP contribution in [0, 0.1) is 6.92 Å². The first-order chi connectivity index (χ1) is 8.56. The van der Waals surface area contributed by atoms with Gasteiger partial charge in [0.25, 0.3) is 0 Å². The van der Waals surface area contributed by atoms with Gasteiger partial charge in [0.2, 0.25) is 0 Å². The van der Waals surface area contributed by atoms with Gasteiger partial charge in [-0.2, -0.15) is 0 Å². The molecule has 3 nitrogen and oxygen atoms in total. The molecule has 0 amide bonds. The van der Waals surface area contributed by atoms with E-state index in [4.69, 9.17) is 11.6 Å². The first-order valence-corrected chi connectivity index (χ1v) is 6.69. The van der Waals surface area contributed by atoms with Crippen LogP contribution in [0.25, 0.3) is 0 Å². The summed E-state index contributed by atoms with van der Waals surface area (Å²) in [4.78, 5) is 9.31. The second-order valence-electron chi connectivity index (χ2n) is 4.01. The molecule has 1 aromatic heterocycles. The van der Waals surface area contributed by atoms with Crippen LogP contribution in [0.2, 0.25) is 5.02 Å². The fourth-order valence-corrected chi connectivity index (χ4v) is 2.40. The van der Waals surface area contributed by atoms with Crippen LogP contribution in [-0.4, -0.2) is 15.1 Å². The third-order valence-electron chi connectivity index (χ3n) is 2.40. The van der Waals surface area contributed by atoms with Crippen molar-refractivity contribution < 1.29 is 5.11 Å². The summed E-state index contributed by atoms with van der Waals surface area (Å²) in [6.45, 7) is 3.65. The van der Waals surface area contributed by atoms with Crippen LogP contribution in [0.3, 0.4) is 0 Å². The maximum Gasteiger partial charge on any atom is 0.192 e. The summed E-state index contributed by atoms with van der Waals surface area (Å²) in [5.41, 5.74) is 1.82. The van der Waals surface area contributed by atoms with Gasteiger partial charge in [-0.1, -0.05) is 17.7 Å². The lowest BCUT2D eigenvalue weighted by Crippen LogP contribution is -1.91. The molecule has 0 saturated carbocycles. The van der Waals surface area contributed by atoms with Crippen molar-refractivity contribution in [3.8, 4) is 0 Å². The van der Waals surface area contributed by atoms with Crippen LogP contribution in [0.15, 0.2) is 40.6 Å². The lowest BCUT2D eigenvalue weighted by molar-refractivity contribution is 0.199. The summed E-state index contributed by atoms with van der Waals surface area (Å²) in [6, 6.07) is 5.49. The molecule has 0 radical (unpaired) electrons. The minimum atomic E-state index is -0.517. The van der Waals surface area contributed by atoms with E-state index in [2.05, 4.69) is 9.97 Å². The van der Waals surface area contributed by atoms with Crippen molar-refractivity contribution in [2.45, 2.75) is 30.0 Å². The van der Waals surface area contributed by atoms with E-state index in [-0.39, 0.29) is 0 Å². The van der Waals surface area contributed by atoms with E-state index < -0.39 is 6.10 Å². The average Bonchev–Trinajstić information content (AvgIpc) is 2.34. The van der Waals surface area contributed by atoms with Crippen LogP contribution in [0.4, 0.5) is 0 Å². The number of halogens is 1. The van der Waals surface area contributed by atoms with Crippen molar-refractivity contribution >= 4 is 23.4 Å². The lowest BCUT2D eigenvalue weighted by Gasteiger charge is -2.08. The first-order valence-electron chi connectivity index (χ1n) is 5.50. The highest BCUT2D eigenvalue weighted by Crippen LogP contribution is 2.32. The molecule has 0 unspecified atom stereocenters. The molecule has 1 aromatic carbocycles. The highest BCUT2D eigenvalue weighted by molar-refractivity contribution is 7.99. The topological polar surface area (TPSA) is 46.0 Å². The van der Waals surface area contributed by atoms with E-state index in [0.717, 1.165) is 16.0 Å². The van der Waals surface area contributed by atoms with E-state index in [1.54, 1.807) is 25.4 Å². The zero-order valence-electron chi connectivity index (χ0n) is 10.1. The minimum Gasteiger partial charge on any atom is -0.389 e. The lowest BCUT2D eigenvalue weighted by atomic mass is 10.1. The monoisotopic (exact) mass is 280 g/mol. The summed E-state index contributed by atoms with van der Waals surface area (Å²) in [5, 5.41) is 10.7. The van der Waals surface area contributed by atoms with Crippen molar-refractivity contribution in [2.75, 3.05) is 0 Å². The van der Waals surface area contributed by atoms with Crippen LogP contribution in [0.1, 0.15) is 24.2 Å². The maximum atomic E-state index is 9.47. The highest BCUT2D eigenvalue weighted by atomic mass is 35.5. The average molecular weight is 281 g/mol. The Labute approximate surface area is 115 Å². The Kier molecular flexibility index (Phi) is 4.22. The van der Waals surface area contributed by atoms with Gasteiger partial charge in [0.1, 0.15) is 0 Å². The Balaban J connectivity index is 2.22. The molecule has 0 aliphatic heterocycles. The fraction of sp³-hybridized carbons (Fsp3) is 0.231. The van der Waals surface area contributed by atoms with Crippen molar-refractivity contribution in [1.29, 1.82) is 0 Å². The van der Waals surface area contributed by atoms with Crippen LogP contribution in [-0.2, 0) is 0 Å². The van der Waals surface area contributed by atoms with Gasteiger partial charge in [-0.25, -0.2) is 9.97 Å². The fourth-order valence-electron chi connectivity index (χ4n) is 1.39. The van der Waals surface area contributed by atoms with Crippen molar-refractivity contribution in [1.82, 2.24) is 9.97 Å². The Morgan fingerprint density at radius 1 is 1.28 bits per heavy atom. The molecule has 0 saturated heterocycles. The molecule has 0 spiro atoms. The predicted octanol–water partition coefficient (Wildman–Crippen LogP) is 3.64. The number of hydrogen-bond acceptors (Lipinski definition) is 4. The van der Waals surface area contributed by atoms with E-state index >= 15 is 0 Å². The van der Waals surface area contributed by atoms with Crippen LogP contribution >= 0.6 is 23.4 Å². The second-order valence-corrected chi connectivity index (χ2v) is 5.43. The molecule has 18 heavy (non-hydrogen) atoms. The van der Waals surface area contributed by atoms with Gasteiger partial charge >= 0.3 is 0 Å². The number of nitrogens with zero attached hydrogens (tertiary/aromatic N) is 2. The largest absolute Gasteiger partial charge is 0.389 e. The van der Waals surface area contributed by atoms with Gasteiger partial charge < -0.3 is 5.11 Å². The Morgan fingerprint density at radius 3 is 2.50 bits per heavy atom. The molecule has 1 N–H and O–H groups in total. The van der Waals surface area contributed by atoms with Gasteiger partial charge in [-0.15, -0.1) is 0 Å². The second kappa shape index (κ2) is 5.69. The summed E-state index contributed by atoms with van der Waals surface area (Å²) in [5.74, 6) is 0. The molecule has 1 heterocycles. The third-order valence-corrected chi connectivity index (χ3v) is 3.79. The van der Waals surface area contributed by atoms with Gasteiger partial charge in [0, 0.05) is 17.3 Å². The summed E-state index contributed by atoms with van der Waals surface area (Å²) in [7, 11) is 0. The van der Waals surface area contributed by atoms with E-state index in [1.165, 1.54) is 11.8 Å². The van der Waals surface area contributed by atoms with Crippen LogP contribution < -0.4 is 0 Å². The van der Waals surface area contributed by atoms with Gasteiger partial charge in [-0.3, -0.25) is 0 Å². The molecule has 0 aliphatic carbocycles. The van der Waals surface area contributed by atoms with Crippen LogP contribution in [0.5, 0.6) is 0 Å². The smallest absolute Gasteiger partial charge is 0.192 e. The summed E-state index contributed by atoms with van der Waals surface area (Å²) >= 11 is 7.57. The number of aryl methyl sites for hydroxylation is 1. The molecule has 1 atom stereocenters. The highest BCUT2D eigenvalue weighted by Gasteiger charge is 2.08. The normalized spacial score (nSPS) is 12.4. The number of benzene rings is 1. The molecule has 5 heteroatoms. The number of aliphatic hydroxyl groups excluding tert-OH is 1. The Morgan fingerprint density at radius 2 is 1.94 bits per heavy atom. The molecule has 2 rings (SSSR count). The zero-order valence-corrected chi connectivity index (χ0v) is 11.7. The minimum absolute atomic E-state index is 0.517.